The zero-order chi connectivity index (χ0) is 16.1. The van der Waals surface area contributed by atoms with Gasteiger partial charge in [-0.2, -0.15) is 0 Å². The summed E-state index contributed by atoms with van der Waals surface area (Å²) in [4.78, 5) is 2.72. The number of benzene rings is 2. The SMILES string of the molecule is O=S(=O)(NC1CCN(Cc2ccccc2)CC1)c1ccccc1. The van der Waals surface area contributed by atoms with Crippen LogP contribution in [-0.2, 0) is 16.6 Å². The number of piperidine rings is 1. The molecule has 1 N–H and O–H groups in total. The summed E-state index contributed by atoms with van der Waals surface area (Å²) >= 11 is 0. The molecule has 0 unspecified atom stereocenters. The summed E-state index contributed by atoms with van der Waals surface area (Å²) in [6, 6.07) is 19.0. The number of hydrogen-bond donors (Lipinski definition) is 1. The summed E-state index contributed by atoms with van der Waals surface area (Å²) in [5, 5.41) is 0. The van der Waals surface area contributed by atoms with Gasteiger partial charge < -0.3 is 0 Å². The van der Waals surface area contributed by atoms with Crippen molar-refractivity contribution in [3.05, 3.63) is 66.2 Å². The van der Waals surface area contributed by atoms with E-state index >= 15 is 0 Å². The number of hydrogen-bond acceptors (Lipinski definition) is 3. The topological polar surface area (TPSA) is 49.4 Å². The average Bonchev–Trinajstić information content (AvgIpc) is 2.58. The highest BCUT2D eigenvalue weighted by molar-refractivity contribution is 7.89. The molecule has 2 aromatic carbocycles. The lowest BCUT2D eigenvalue weighted by Gasteiger charge is -2.32. The van der Waals surface area contributed by atoms with Crippen molar-refractivity contribution in [3.63, 3.8) is 0 Å². The second kappa shape index (κ2) is 7.25. The molecule has 4 nitrogen and oxygen atoms in total. The van der Waals surface area contributed by atoms with E-state index in [1.807, 2.05) is 12.1 Å². The van der Waals surface area contributed by atoms with Gasteiger partial charge >= 0.3 is 0 Å². The van der Waals surface area contributed by atoms with Crippen molar-refractivity contribution in [2.24, 2.45) is 0 Å². The van der Waals surface area contributed by atoms with Gasteiger partial charge in [0.15, 0.2) is 0 Å². The van der Waals surface area contributed by atoms with Crippen LogP contribution in [-0.4, -0.2) is 32.4 Å². The second-order valence-electron chi connectivity index (χ2n) is 5.97. The van der Waals surface area contributed by atoms with Gasteiger partial charge in [-0.15, -0.1) is 0 Å². The molecule has 5 heteroatoms. The molecule has 1 heterocycles. The molecule has 23 heavy (non-hydrogen) atoms. The van der Waals surface area contributed by atoms with E-state index in [2.05, 4.69) is 33.9 Å². The Hall–Kier alpha value is -1.69. The van der Waals surface area contributed by atoms with E-state index in [9.17, 15) is 8.42 Å². The van der Waals surface area contributed by atoms with Gasteiger partial charge in [0.25, 0.3) is 0 Å². The molecule has 0 spiro atoms. The molecule has 0 atom stereocenters. The first kappa shape index (κ1) is 16.2. The van der Waals surface area contributed by atoms with Crippen molar-refractivity contribution in [2.75, 3.05) is 13.1 Å². The maximum atomic E-state index is 12.3. The van der Waals surface area contributed by atoms with Crippen LogP contribution in [0.1, 0.15) is 18.4 Å². The fraction of sp³-hybridized carbons (Fsp3) is 0.333. The van der Waals surface area contributed by atoms with Gasteiger partial charge in [0.05, 0.1) is 4.90 Å². The first-order chi connectivity index (χ1) is 11.1. The fourth-order valence-electron chi connectivity index (χ4n) is 2.94. The fourth-order valence-corrected chi connectivity index (χ4v) is 4.26. The van der Waals surface area contributed by atoms with Crippen molar-refractivity contribution < 1.29 is 8.42 Å². The predicted octanol–water partition coefficient (Wildman–Crippen LogP) is 2.63. The largest absolute Gasteiger partial charge is 0.299 e. The predicted molar refractivity (Wildman–Crippen MR) is 91.5 cm³/mol. The van der Waals surface area contributed by atoms with Crippen molar-refractivity contribution in [1.82, 2.24) is 9.62 Å². The normalized spacial score (nSPS) is 17.2. The van der Waals surface area contributed by atoms with E-state index in [4.69, 9.17) is 0 Å². The molecule has 0 bridgehead atoms. The lowest BCUT2D eigenvalue weighted by atomic mass is 10.1. The van der Waals surface area contributed by atoms with Crippen LogP contribution >= 0.6 is 0 Å². The second-order valence-corrected chi connectivity index (χ2v) is 7.68. The number of sulfonamides is 1. The number of likely N-dealkylation sites (tertiary alicyclic amines) is 1. The van der Waals surface area contributed by atoms with E-state index in [1.165, 1.54) is 5.56 Å². The zero-order valence-electron chi connectivity index (χ0n) is 13.1. The standard InChI is InChI=1S/C18H22N2O2S/c21-23(22,18-9-5-2-6-10-18)19-17-11-13-20(14-12-17)15-16-7-3-1-4-8-16/h1-10,17,19H,11-15H2. The molecule has 1 saturated heterocycles. The van der Waals surface area contributed by atoms with Gasteiger partial charge in [0.2, 0.25) is 10.0 Å². The van der Waals surface area contributed by atoms with Crippen LogP contribution < -0.4 is 4.72 Å². The van der Waals surface area contributed by atoms with Crippen molar-refractivity contribution in [3.8, 4) is 0 Å². The van der Waals surface area contributed by atoms with Crippen molar-refractivity contribution >= 4 is 10.0 Å². The van der Waals surface area contributed by atoms with Crippen LogP contribution in [0.3, 0.4) is 0 Å². The summed E-state index contributed by atoms with van der Waals surface area (Å²) in [7, 11) is -3.40. The molecule has 1 aliphatic rings. The van der Waals surface area contributed by atoms with Crippen LogP contribution in [0.2, 0.25) is 0 Å². The molecule has 0 aromatic heterocycles. The van der Waals surface area contributed by atoms with Gasteiger partial charge in [0, 0.05) is 25.7 Å². The minimum Gasteiger partial charge on any atom is -0.299 e. The maximum Gasteiger partial charge on any atom is 0.240 e. The molecule has 122 valence electrons. The number of rotatable bonds is 5. The lowest BCUT2D eigenvalue weighted by Crippen LogP contribution is -2.44. The van der Waals surface area contributed by atoms with E-state index < -0.39 is 10.0 Å². The molecular weight excluding hydrogens is 308 g/mol. The first-order valence-electron chi connectivity index (χ1n) is 7.97. The molecule has 0 aliphatic carbocycles. The Morgan fingerprint density at radius 1 is 0.913 bits per heavy atom. The molecule has 1 aliphatic heterocycles. The molecule has 0 saturated carbocycles. The van der Waals surface area contributed by atoms with Gasteiger partial charge in [-0.3, -0.25) is 4.90 Å². The van der Waals surface area contributed by atoms with Crippen LogP contribution in [0.25, 0.3) is 0 Å². The van der Waals surface area contributed by atoms with Crippen molar-refractivity contribution in [2.45, 2.75) is 30.3 Å². The Morgan fingerprint density at radius 2 is 1.48 bits per heavy atom. The lowest BCUT2D eigenvalue weighted by molar-refractivity contribution is 0.200. The van der Waals surface area contributed by atoms with Gasteiger partial charge in [-0.1, -0.05) is 48.5 Å². The molecule has 1 fully saturated rings. The van der Waals surface area contributed by atoms with Gasteiger partial charge in [0.1, 0.15) is 0 Å². The summed E-state index contributed by atoms with van der Waals surface area (Å²) in [5.74, 6) is 0. The van der Waals surface area contributed by atoms with Crippen LogP contribution in [0.15, 0.2) is 65.6 Å². The third-order valence-corrected chi connectivity index (χ3v) is 5.75. The summed E-state index contributed by atoms with van der Waals surface area (Å²) in [5.41, 5.74) is 1.30. The third-order valence-electron chi connectivity index (χ3n) is 4.21. The first-order valence-corrected chi connectivity index (χ1v) is 9.45. The Labute approximate surface area is 138 Å². The average molecular weight is 330 g/mol. The number of nitrogens with one attached hydrogen (secondary N) is 1. The Bertz CT molecular complexity index is 709. The summed E-state index contributed by atoms with van der Waals surface area (Å²) in [6.45, 7) is 2.76. The highest BCUT2D eigenvalue weighted by Gasteiger charge is 2.24. The van der Waals surface area contributed by atoms with Crippen LogP contribution in [0.4, 0.5) is 0 Å². The van der Waals surface area contributed by atoms with E-state index in [1.54, 1.807) is 24.3 Å². The molecule has 3 rings (SSSR count). The smallest absolute Gasteiger partial charge is 0.240 e. The summed E-state index contributed by atoms with van der Waals surface area (Å²) < 4.78 is 27.5. The summed E-state index contributed by atoms with van der Waals surface area (Å²) in [6.07, 6.45) is 1.69. The molecule has 0 amide bonds. The Morgan fingerprint density at radius 3 is 2.09 bits per heavy atom. The van der Waals surface area contributed by atoms with Crippen LogP contribution in [0.5, 0.6) is 0 Å². The highest BCUT2D eigenvalue weighted by atomic mass is 32.2. The van der Waals surface area contributed by atoms with Gasteiger partial charge in [-0.05, 0) is 30.5 Å². The van der Waals surface area contributed by atoms with Crippen molar-refractivity contribution in [1.29, 1.82) is 0 Å². The van der Waals surface area contributed by atoms with E-state index in [0.717, 1.165) is 32.5 Å². The zero-order valence-corrected chi connectivity index (χ0v) is 13.9. The minimum atomic E-state index is -3.40. The quantitative estimate of drug-likeness (QED) is 0.917. The molecule has 2 aromatic rings. The highest BCUT2D eigenvalue weighted by Crippen LogP contribution is 2.16. The van der Waals surface area contributed by atoms with E-state index in [-0.39, 0.29) is 6.04 Å². The minimum absolute atomic E-state index is 0.0206. The molecule has 0 radical (unpaired) electrons. The third kappa shape index (κ3) is 4.41. The van der Waals surface area contributed by atoms with Gasteiger partial charge in [-0.25, -0.2) is 13.1 Å². The van der Waals surface area contributed by atoms with Crippen LogP contribution in [0, 0.1) is 0 Å². The Kier molecular flexibility index (Phi) is 5.10. The number of nitrogens with zero attached hydrogens (tertiary/aromatic N) is 1. The molecular formula is C18H22N2O2S. The maximum absolute atomic E-state index is 12.3. The Balaban J connectivity index is 1.53. The monoisotopic (exact) mass is 330 g/mol. The van der Waals surface area contributed by atoms with E-state index in [0.29, 0.717) is 4.90 Å².